The molecule has 106 valence electrons. The summed E-state index contributed by atoms with van der Waals surface area (Å²) >= 11 is 0. The molecular formula is C16H19NO3. The Morgan fingerprint density at radius 1 is 1.10 bits per heavy atom. The fourth-order valence-corrected chi connectivity index (χ4v) is 3.00. The summed E-state index contributed by atoms with van der Waals surface area (Å²) in [4.78, 5) is 25.8. The Morgan fingerprint density at radius 2 is 1.80 bits per heavy atom. The van der Waals surface area contributed by atoms with Crippen molar-refractivity contribution >= 4 is 11.8 Å². The van der Waals surface area contributed by atoms with Crippen LogP contribution < -0.4 is 0 Å². The molecule has 3 rings (SSSR count). The molecule has 0 aromatic heterocycles. The summed E-state index contributed by atoms with van der Waals surface area (Å²) < 4.78 is 5.98. The maximum Gasteiger partial charge on any atom is 0.262 e. The summed E-state index contributed by atoms with van der Waals surface area (Å²) in [7, 11) is 0. The lowest BCUT2D eigenvalue weighted by molar-refractivity contribution is -0.134. The van der Waals surface area contributed by atoms with E-state index in [1.165, 1.54) is 17.7 Å². The van der Waals surface area contributed by atoms with Crippen molar-refractivity contribution in [3.8, 4) is 0 Å². The maximum atomic E-state index is 12.5. The molecular weight excluding hydrogens is 254 g/mol. The number of imide groups is 1. The number of carbonyl (C=O) groups excluding carboxylic acids is 2. The molecule has 1 aliphatic carbocycles. The van der Waals surface area contributed by atoms with Crippen molar-refractivity contribution < 1.29 is 14.3 Å². The van der Waals surface area contributed by atoms with Crippen molar-refractivity contribution in [1.29, 1.82) is 0 Å². The normalized spacial score (nSPS) is 23.5. The van der Waals surface area contributed by atoms with Crippen LogP contribution in [0.5, 0.6) is 0 Å². The van der Waals surface area contributed by atoms with Crippen LogP contribution in [0.15, 0.2) is 30.3 Å². The minimum Gasteiger partial charge on any atom is -0.355 e. The molecule has 2 aliphatic rings. The molecule has 1 unspecified atom stereocenters. The van der Waals surface area contributed by atoms with E-state index in [9.17, 15) is 9.59 Å². The Hall–Kier alpha value is -1.68. The Labute approximate surface area is 118 Å². The van der Waals surface area contributed by atoms with Gasteiger partial charge in [-0.1, -0.05) is 31.0 Å². The highest BCUT2D eigenvalue weighted by molar-refractivity contribution is 6.05. The number of likely N-dealkylation sites (tertiary alicyclic amines) is 1. The van der Waals surface area contributed by atoms with Gasteiger partial charge in [0, 0.05) is 18.4 Å². The molecule has 0 N–H and O–H groups in total. The molecule has 1 atom stereocenters. The molecule has 1 heterocycles. The van der Waals surface area contributed by atoms with Crippen molar-refractivity contribution in [1.82, 2.24) is 4.90 Å². The van der Waals surface area contributed by atoms with E-state index < -0.39 is 0 Å². The SMILES string of the molecule is O=C1CCC(OC2CCCC2)N1C(=O)c1ccccc1. The van der Waals surface area contributed by atoms with Gasteiger partial charge in [0.2, 0.25) is 5.91 Å². The fourth-order valence-electron chi connectivity index (χ4n) is 3.00. The van der Waals surface area contributed by atoms with Crippen LogP contribution >= 0.6 is 0 Å². The molecule has 2 fully saturated rings. The predicted molar refractivity (Wildman–Crippen MR) is 74.0 cm³/mol. The van der Waals surface area contributed by atoms with Crippen LogP contribution in [0.4, 0.5) is 0 Å². The average Bonchev–Trinajstić information content (AvgIpc) is 3.10. The van der Waals surface area contributed by atoms with E-state index in [0.29, 0.717) is 18.4 Å². The highest BCUT2D eigenvalue weighted by Gasteiger charge is 2.38. The van der Waals surface area contributed by atoms with Crippen LogP contribution in [0.25, 0.3) is 0 Å². The van der Waals surface area contributed by atoms with E-state index >= 15 is 0 Å². The predicted octanol–water partition coefficient (Wildman–Crippen LogP) is 2.73. The number of carbonyl (C=O) groups is 2. The minimum absolute atomic E-state index is 0.123. The molecule has 1 aromatic rings. The molecule has 20 heavy (non-hydrogen) atoms. The molecule has 1 saturated carbocycles. The molecule has 4 nitrogen and oxygen atoms in total. The fraction of sp³-hybridized carbons (Fsp3) is 0.500. The third-order valence-electron chi connectivity index (χ3n) is 4.05. The summed E-state index contributed by atoms with van der Waals surface area (Å²) in [5.41, 5.74) is 0.544. The summed E-state index contributed by atoms with van der Waals surface area (Å²) in [6.45, 7) is 0. The molecule has 1 aromatic carbocycles. The van der Waals surface area contributed by atoms with Gasteiger partial charge in [-0.05, 0) is 25.0 Å². The number of hydrogen-bond acceptors (Lipinski definition) is 3. The minimum atomic E-state index is -0.377. The zero-order chi connectivity index (χ0) is 13.9. The number of benzene rings is 1. The number of hydrogen-bond donors (Lipinski definition) is 0. The molecule has 0 bridgehead atoms. The molecule has 1 aliphatic heterocycles. The number of nitrogens with zero attached hydrogens (tertiary/aromatic N) is 1. The van der Waals surface area contributed by atoms with Crippen LogP contribution in [-0.4, -0.2) is 29.0 Å². The van der Waals surface area contributed by atoms with Gasteiger partial charge < -0.3 is 4.74 Å². The largest absolute Gasteiger partial charge is 0.355 e. The summed E-state index contributed by atoms with van der Waals surface area (Å²) in [5, 5.41) is 0. The summed E-state index contributed by atoms with van der Waals surface area (Å²) in [5.74, 6) is -0.363. The van der Waals surface area contributed by atoms with Gasteiger partial charge in [0.1, 0.15) is 6.23 Å². The molecule has 0 radical (unpaired) electrons. The highest BCUT2D eigenvalue weighted by atomic mass is 16.5. The Balaban J connectivity index is 1.74. The van der Waals surface area contributed by atoms with Gasteiger partial charge in [-0.15, -0.1) is 0 Å². The smallest absolute Gasteiger partial charge is 0.262 e. The van der Waals surface area contributed by atoms with Gasteiger partial charge >= 0.3 is 0 Å². The van der Waals surface area contributed by atoms with Crippen molar-refractivity contribution in [2.75, 3.05) is 0 Å². The second-order valence-corrected chi connectivity index (χ2v) is 5.47. The second kappa shape index (κ2) is 5.75. The number of ether oxygens (including phenoxy) is 1. The third kappa shape index (κ3) is 2.61. The molecule has 1 saturated heterocycles. The van der Waals surface area contributed by atoms with Crippen LogP contribution in [0.2, 0.25) is 0 Å². The van der Waals surface area contributed by atoms with E-state index in [2.05, 4.69) is 0 Å². The topological polar surface area (TPSA) is 46.6 Å². The monoisotopic (exact) mass is 273 g/mol. The van der Waals surface area contributed by atoms with Crippen LogP contribution in [0.1, 0.15) is 48.9 Å². The third-order valence-corrected chi connectivity index (χ3v) is 4.05. The van der Waals surface area contributed by atoms with Crippen molar-refractivity contribution in [3.63, 3.8) is 0 Å². The first-order chi connectivity index (χ1) is 9.75. The van der Waals surface area contributed by atoms with Crippen LogP contribution in [-0.2, 0) is 9.53 Å². The quantitative estimate of drug-likeness (QED) is 0.795. The van der Waals surface area contributed by atoms with Gasteiger partial charge in [0.15, 0.2) is 0 Å². The molecule has 0 spiro atoms. The van der Waals surface area contributed by atoms with Crippen LogP contribution in [0.3, 0.4) is 0 Å². The summed E-state index contributed by atoms with van der Waals surface area (Å²) in [6.07, 6.45) is 5.28. The number of amides is 2. The first-order valence-electron chi connectivity index (χ1n) is 7.32. The first-order valence-corrected chi connectivity index (χ1v) is 7.32. The van der Waals surface area contributed by atoms with Crippen molar-refractivity contribution in [3.05, 3.63) is 35.9 Å². The van der Waals surface area contributed by atoms with Crippen LogP contribution in [0, 0.1) is 0 Å². The highest BCUT2D eigenvalue weighted by Crippen LogP contribution is 2.28. The number of rotatable bonds is 3. The standard InChI is InChI=1S/C16H19NO3/c18-14-10-11-15(20-13-8-4-5-9-13)17(14)16(19)12-6-2-1-3-7-12/h1-3,6-7,13,15H,4-5,8-11H2. The zero-order valence-electron chi connectivity index (χ0n) is 11.5. The van der Waals surface area contributed by atoms with Crippen molar-refractivity contribution in [2.45, 2.75) is 50.9 Å². The lowest BCUT2D eigenvalue weighted by Gasteiger charge is -2.26. The average molecular weight is 273 g/mol. The van der Waals surface area contributed by atoms with Crippen molar-refractivity contribution in [2.24, 2.45) is 0 Å². The Morgan fingerprint density at radius 3 is 2.50 bits per heavy atom. The first kappa shape index (κ1) is 13.3. The zero-order valence-corrected chi connectivity index (χ0v) is 11.5. The molecule has 2 amide bonds. The van der Waals surface area contributed by atoms with E-state index in [-0.39, 0.29) is 24.1 Å². The van der Waals surface area contributed by atoms with Gasteiger partial charge in [0.05, 0.1) is 6.10 Å². The maximum absolute atomic E-state index is 12.5. The lowest BCUT2D eigenvalue weighted by atomic mass is 10.2. The molecule has 4 heteroatoms. The van der Waals surface area contributed by atoms with E-state index in [4.69, 9.17) is 4.74 Å². The van der Waals surface area contributed by atoms with Gasteiger partial charge in [-0.2, -0.15) is 0 Å². The van der Waals surface area contributed by atoms with E-state index in [0.717, 1.165) is 12.8 Å². The second-order valence-electron chi connectivity index (χ2n) is 5.47. The summed E-state index contributed by atoms with van der Waals surface area (Å²) in [6, 6.07) is 8.94. The van der Waals surface area contributed by atoms with E-state index in [1.807, 2.05) is 6.07 Å². The Kier molecular flexibility index (Phi) is 3.83. The van der Waals surface area contributed by atoms with Gasteiger partial charge in [-0.3, -0.25) is 14.5 Å². The van der Waals surface area contributed by atoms with Gasteiger partial charge in [0.25, 0.3) is 5.91 Å². The lowest BCUT2D eigenvalue weighted by Crippen LogP contribution is -2.41. The Bertz CT molecular complexity index is 494. The van der Waals surface area contributed by atoms with E-state index in [1.54, 1.807) is 24.3 Å². The van der Waals surface area contributed by atoms with Gasteiger partial charge in [-0.25, -0.2) is 0 Å².